The van der Waals surface area contributed by atoms with Crippen molar-refractivity contribution in [3.05, 3.63) is 71.3 Å². The number of hydrogen-bond acceptors (Lipinski definition) is 4. The summed E-state index contributed by atoms with van der Waals surface area (Å²) in [6.07, 6.45) is 3.33. The molecule has 0 aliphatic carbocycles. The summed E-state index contributed by atoms with van der Waals surface area (Å²) in [5.41, 5.74) is 2.27. The Kier molecular flexibility index (Phi) is 4.91. The molecule has 0 saturated carbocycles. The molecule has 2 aromatic heterocycles. The van der Waals surface area contributed by atoms with E-state index in [9.17, 15) is 4.39 Å². The monoisotopic (exact) mass is 343 g/mol. The van der Waals surface area contributed by atoms with E-state index in [2.05, 4.69) is 15.3 Å². The minimum absolute atomic E-state index is 0.320. The van der Waals surface area contributed by atoms with E-state index in [0.29, 0.717) is 28.7 Å². The third kappa shape index (κ3) is 3.63. The predicted molar refractivity (Wildman–Crippen MR) is 92.8 cm³/mol. The van der Waals surface area contributed by atoms with Gasteiger partial charge < -0.3 is 10.1 Å². The lowest BCUT2D eigenvalue weighted by atomic mass is 10.1. The molecular weight excluding hydrogens is 329 g/mol. The normalized spacial score (nSPS) is 10.5. The maximum atomic E-state index is 13.3. The summed E-state index contributed by atoms with van der Waals surface area (Å²) in [5.74, 6) is 0.987. The molecule has 0 aliphatic heterocycles. The number of aromatic nitrogens is 2. The molecule has 3 aromatic rings. The fourth-order valence-electron chi connectivity index (χ4n) is 2.30. The molecule has 0 spiro atoms. The second-order valence-electron chi connectivity index (χ2n) is 5.07. The Bertz CT molecular complexity index is 857. The number of nitrogens with one attached hydrogen (secondary N) is 1. The smallest absolute Gasteiger partial charge is 0.146 e. The highest BCUT2D eigenvalue weighted by Crippen LogP contribution is 2.28. The summed E-state index contributed by atoms with van der Waals surface area (Å²) in [7, 11) is 1.59. The number of halogens is 2. The zero-order chi connectivity index (χ0) is 16.9. The summed E-state index contributed by atoms with van der Waals surface area (Å²) in [6.45, 7) is 0.376. The van der Waals surface area contributed by atoms with Gasteiger partial charge in [-0.15, -0.1) is 0 Å². The molecule has 0 atom stereocenters. The van der Waals surface area contributed by atoms with Gasteiger partial charge in [0.15, 0.2) is 0 Å². The Morgan fingerprint density at radius 2 is 2.08 bits per heavy atom. The van der Waals surface area contributed by atoms with Gasteiger partial charge in [0.25, 0.3) is 0 Å². The lowest BCUT2D eigenvalue weighted by Crippen LogP contribution is -2.03. The number of rotatable bonds is 5. The molecule has 0 bridgehead atoms. The molecule has 0 radical (unpaired) electrons. The molecular formula is C18H15ClFN3O. The van der Waals surface area contributed by atoms with E-state index in [0.717, 1.165) is 11.3 Å². The van der Waals surface area contributed by atoms with Crippen molar-refractivity contribution in [2.75, 3.05) is 12.4 Å². The number of benzene rings is 1. The van der Waals surface area contributed by atoms with Crippen molar-refractivity contribution in [1.82, 2.24) is 9.97 Å². The Morgan fingerprint density at radius 1 is 1.21 bits per heavy atom. The van der Waals surface area contributed by atoms with Crippen LogP contribution in [0.2, 0.25) is 5.02 Å². The summed E-state index contributed by atoms with van der Waals surface area (Å²) in [4.78, 5) is 8.60. The first-order valence-corrected chi connectivity index (χ1v) is 7.68. The van der Waals surface area contributed by atoms with Crippen molar-refractivity contribution in [2.24, 2.45) is 0 Å². The molecule has 122 valence electrons. The van der Waals surface area contributed by atoms with Crippen LogP contribution in [0.4, 0.5) is 10.2 Å². The molecule has 0 fully saturated rings. The second kappa shape index (κ2) is 7.27. The lowest BCUT2D eigenvalue weighted by Gasteiger charge is -2.10. The Hall–Kier alpha value is -2.66. The Labute approximate surface area is 144 Å². The molecule has 6 heteroatoms. The zero-order valence-electron chi connectivity index (χ0n) is 13.0. The fraction of sp³-hybridized carbons (Fsp3) is 0.111. The number of hydrogen-bond donors (Lipinski definition) is 1. The first-order chi connectivity index (χ1) is 11.7. The van der Waals surface area contributed by atoms with Crippen LogP contribution in [0.15, 0.2) is 54.9 Å². The van der Waals surface area contributed by atoms with Gasteiger partial charge in [-0.1, -0.05) is 17.7 Å². The van der Waals surface area contributed by atoms with Gasteiger partial charge in [0.05, 0.1) is 19.0 Å². The van der Waals surface area contributed by atoms with Gasteiger partial charge in [-0.3, -0.25) is 4.98 Å². The number of nitrogens with zero attached hydrogens (tertiary/aromatic N) is 2. The Balaban J connectivity index is 1.82. The van der Waals surface area contributed by atoms with Crippen LogP contribution in [0.25, 0.3) is 11.3 Å². The third-order valence-electron chi connectivity index (χ3n) is 3.50. The minimum Gasteiger partial charge on any atom is -0.494 e. The van der Waals surface area contributed by atoms with E-state index in [1.807, 2.05) is 24.3 Å². The van der Waals surface area contributed by atoms with Crippen molar-refractivity contribution >= 4 is 17.4 Å². The third-order valence-corrected chi connectivity index (χ3v) is 3.87. The first kappa shape index (κ1) is 16.2. The SMILES string of the molecule is COc1cnccc1-c1cccc(NCc2cc(F)ccc2Cl)n1. The van der Waals surface area contributed by atoms with Crippen LogP contribution in [-0.2, 0) is 6.54 Å². The van der Waals surface area contributed by atoms with Crippen LogP contribution in [0.1, 0.15) is 5.56 Å². The average Bonchev–Trinajstić information content (AvgIpc) is 2.62. The maximum Gasteiger partial charge on any atom is 0.146 e. The van der Waals surface area contributed by atoms with Crippen molar-refractivity contribution in [1.29, 1.82) is 0 Å². The maximum absolute atomic E-state index is 13.3. The van der Waals surface area contributed by atoms with Crippen LogP contribution in [0, 0.1) is 5.82 Å². The second-order valence-corrected chi connectivity index (χ2v) is 5.48. The van der Waals surface area contributed by atoms with Crippen LogP contribution in [0.3, 0.4) is 0 Å². The highest BCUT2D eigenvalue weighted by Gasteiger charge is 2.08. The quantitative estimate of drug-likeness (QED) is 0.738. The highest BCUT2D eigenvalue weighted by atomic mass is 35.5. The van der Waals surface area contributed by atoms with Gasteiger partial charge in [-0.25, -0.2) is 9.37 Å². The van der Waals surface area contributed by atoms with Gasteiger partial charge in [0.1, 0.15) is 17.4 Å². The average molecular weight is 344 g/mol. The molecule has 2 heterocycles. The van der Waals surface area contributed by atoms with E-state index in [1.165, 1.54) is 12.1 Å². The molecule has 0 amide bonds. The van der Waals surface area contributed by atoms with Gasteiger partial charge in [0, 0.05) is 23.3 Å². The molecule has 0 saturated heterocycles. The molecule has 24 heavy (non-hydrogen) atoms. The molecule has 1 N–H and O–H groups in total. The van der Waals surface area contributed by atoms with Crippen LogP contribution in [-0.4, -0.2) is 17.1 Å². The van der Waals surface area contributed by atoms with Gasteiger partial charge in [-0.2, -0.15) is 0 Å². The highest BCUT2D eigenvalue weighted by molar-refractivity contribution is 6.31. The summed E-state index contributed by atoms with van der Waals surface area (Å²) >= 11 is 6.08. The topological polar surface area (TPSA) is 47.0 Å². The van der Waals surface area contributed by atoms with Crippen molar-refractivity contribution in [3.8, 4) is 17.0 Å². The minimum atomic E-state index is -0.320. The van der Waals surface area contributed by atoms with Crippen LogP contribution in [0.5, 0.6) is 5.75 Å². The fourth-order valence-corrected chi connectivity index (χ4v) is 2.49. The van der Waals surface area contributed by atoms with Crippen LogP contribution >= 0.6 is 11.6 Å². The predicted octanol–water partition coefficient (Wildman–Crippen LogP) is 4.56. The first-order valence-electron chi connectivity index (χ1n) is 7.30. The summed E-state index contributed by atoms with van der Waals surface area (Å²) < 4.78 is 18.6. The summed E-state index contributed by atoms with van der Waals surface area (Å²) in [5, 5.41) is 3.67. The van der Waals surface area contributed by atoms with Gasteiger partial charge in [0.2, 0.25) is 0 Å². The molecule has 4 nitrogen and oxygen atoms in total. The number of pyridine rings is 2. The van der Waals surface area contributed by atoms with Crippen molar-refractivity contribution in [3.63, 3.8) is 0 Å². The molecule has 0 aliphatic rings. The van der Waals surface area contributed by atoms with E-state index in [-0.39, 0.29) is 5.82 Å². The largest absolute Gasteiger partial charge is 0.494 e. The molecule has 1 aromatic carbocycles. The van der Waals surface area contributed by atoms with Gasteiger partial charge in [-0.05, 0) is 42.0 Å². The Morgan fingerprint density at radius 3 is 2.92 bits per heavy atom. The van der Waals surface area contributed by atoms with E-state index >= 15 is 0 Å². The number of anilines is 1. The molecule has 0 unspecified atom stereocenters. The lowest BCUT2D eigenvalue weighted by molar-refractivity contribution is 0.414. The number of methoxy groups -OCH3 is 1. The van der Waals surface area contributed by atoms with Crippen molar-refractivity contribution < 1.29 is 9.13 Å². The van der Waals surface area contributed by atoms with Gasteiger partial charge >= 0.3 is 0 Å². The standard InChI is InChI=1S/C18H15ClFN3O/c1-24-17-11-21-8-7-14(17)16-3-2-4-18(23-16)22-10-12-9-13(20)5-6-15(12)19/h2-9,11H,10H2,1H3,(H,22,23). The zero-order valence-corrected chi connectivity index (χ0v) is 13.7. The van der Waals surface area contributed by atoms with Crippen LogP contribution < -0.4 is 10.1 Å². The summed E-state index contributed by atoms with van der Waals surface area (Å²) in [6, 6.07) is 11.7. The van der Waals surface area contributed by atoms with E-state index in [1.54, 1.807) is 25.6 Å². The van der Waals surface area contributed by atoms with E-state index in [4.69, 9.17) is 16.3 Å². The van der Waals surface area contributed by atoms with E-state index < -0.39 is 0 Å². The molecule has 3 rings (SSSR count). The number of ether oxygens (including phenoxy) is 1. The van der Waals surface area contributed by atoms with Crippen molar-refractivity contribution in [2.45, 2.75) is 6.54 Å².